The predicted molar refractivity (Wildman–Crippen MR) is 74.4 cm³/mol. The van der Waals surface area contributed by atoms with Crippen molar-refractivity contribution in [1.82, 2.24) is 14.4 Å². The Morgan fingerprint density at radius 3 is 2.39 bits per heavy atom. The first-order chi connectivity index (χ1) is 10.8. The molecule has 0 radical (unpaired) electrons. The van der Waals surface area contributed by atoms with Gasteiger partial charge >= 0.3 is 0 Å². The number of benzene rings is 1. The van der Waals surface area contributed by atoms with E-state index in [1.165, 1.54) is 6.92 Å². The number of rotatable bonds is 2. The van der Waals surface area contributed by atoms with Crippen molar-refractivity contribution in [3.05, 3.63) is 57.7 Å². The average molecular weight is 322 g/mol. The Balaban J connectivity index is 2.41. The van der Waals surface area contributed by atoms with Gasteiger partial charge in [-0.25, -0.2) is 22.6 Å². The van der Waals surface area contributed by atoms with Crippen LogP contribution in [0.3, 0.4) is 0 Å². The molecule has 0 aliphatic rings. The molecule has 0 unspecified atom stereocenters. The molecule has 0 spiro atoms. The van der Waals surface area contributed by atoms with E-state index in [0.29, 0.717) is 12.1 Å². The van der Waals surface area contributed by atoms with Gasteiger partial charge in [-0.1, -0.05) is 0 Å². The number of hydrogen-bond acceptors (Lipinski definition) is 3. The Bertz CT molecular complexity index is 1000. The number of H-pyrrole nitrogens is 1. The van der Waals surface area contributed by atoms with Gasteiger partial charge < -0.3 is 10.7 Å². The van der Waals surface area contributed by atoms with E-state index in [9.17, 15) is 22.8 Å². The fraction of sp³-hybridized carbons (Fsp3) is 0.0714. The van der Waals surface area contributed by atoms with Crippen LogP contribution in [-0.4, -0.2) is 20.3 Å². The van der Waals surface area contributed by atoms with Crippen LogP contribution in [0.4, 0.5) is 13.2 Å². The fourth-order valence-electron chi connectivity index (χ4n) is 2.40. The van der Waals surface area contributed by atoms with Crippen molar-refractivity contribution in [3.63, 3.8) is 0 Å². The quantitative estimate of drug-likeness (QED) is 0.749. The van der Waals surface area contributed by atoms with E-state index in [1.54, 1.807) is 0 Å². The zero-order valence-corrected chi connectivity index (χ0v) is 11.7. The van der Waals surface area contributed by atoms with Gasteiger partial charge in [0.15, 0.2) is 11.3 Å². The molecule has 1 aromatic carbocycles. The second kappa shape index (κ2) is 4.97. The van der Waals surface area contributed by atoms with Crippen molar-refractivity contribution in [2.24, 2.45) is 5.73 Å². The molecule has 0 bridgehead atoms. The van der Waals surface area contributed by atoms with Crippen LogP contribution in [0.5, 0.6) is 0 Å². The lowest BCUT2D eigenvalue weighted by Gasteiger charge is -2.09. The molecular weight excluding hydrogens is 313 g/mol. The number of imidazole rings is 1. The number of primary amides is 1. The minimum Gasteiger partial charge on any atom is -0.364 e. The number of nitrogens with one attached hydrogen (secondary N) is 1. The molecular formula is C14H9F3N4O2. The second-order valence-electron chi connectivity index (χ2n) is 4.85. The van der Waals surface area contributed by atoms with E-state index in [0.717, 1.165) is 10.7 Å². The summed E-state index contributed by atoms with van der Waals surface area (Å²) in [4.78, 5) is 30.1. The smallest absolute Gasteiger partial charge is 0.271 e. The molecule has 0 fully saturated rings. The molecule has 3 rings (SSSR count). The Kier molecular flexibility index (Phi) is 3.20. The molecule has 23 heavy (non-hydrogen) atoms. The number of nitrogens with zero attached hydrogens (tertiary/aromatic N) is 2. The van der Waals surface area contributed by atoms with Gasteiger partial charge in [0.2, 0.25) is 0 Å². The number of aromatic amines is 1. The molecule has 2 heterocycles. The summed E-state index contributed by atoms with van der Waals surface area (Å²) < 4.78 is 41.9. The zero-order valence-electron chi connectivity index (χ0n) is 11.7. The maximum atomic E-state index is 14.0. The summed E-state index contributed by atoms with van der Waals surface area (Å²) in [5.74, 6) is -4.40. The van der Waals surface area contributed by atoms with Crippen LogP contribution in [0.15, 0.2) is 23.3 Å². The van der Waals surface area contributed by atoms with Gasteiger partial charge in [0, 0.05) is 17.8 Å². The minimum absolute atomic E-state index is 0.00618. The number of carbonyl (C=O) groups excluding carboxylic acids is 1. The number of nitrogens with two attached hydrogens (primary N) is 1. The first kappa shape index (κ1) is 14.8. The summed E-state index contributed by atoms with van der Waals surface area (Å²) in [7, 11) is 0. The maximum Gasteiger partial charge on any atom is 0.271 e. The van der Waals surface area contributed by atoms with E-state index < -0.39 is 34.5 Å². The normalized spacial score (nSPS) is 11.1. The fourth-order valence-corrected chi connectivity index (χ4v) is 2.40. The van der Waals surface area contributed by atoms with Crippen LogP contribution in [0.1, 0.15) is 16.2 Å². The van der Waals surface area contributed by atoms with Crippen LogP contribution >= 0.6 is 0 Å². The molecule has 0 aliphatic heterocycles. The van der Waals surface area contributed by atoms with Crippen LogP contribution in [0.2, 0.25) is 0 Å². The monoisotopic (exact) mass is 322 g/mol. The third-order valence-electron chi connectivity index (χ3n) is 3.37. The van der Waals surface area contributed by atoms with E-state index in [2.05, 4.69) is 9.97 Å². The minimum atomic E-state index is -1.22. The number of aromatic nitrogens is 3. The van der Waals surface area contributed by atoms with E-state index in [1.807, 2.05) is 0 Å². The lowest BCUT2D eigenvalue weighted by Crippen LogP contribution is -2.20. The third-order valence-corrected chi connectivity index (χ3v) is 3.37. The summed E-state index contributed by atoms with van der Waals surface area (Å²) in [5, 5.41) is 0. The molecule has 9 heteroatoms. The average Bonchev–Trinajstić information content (AvgIpc) is 2.85. The summed E-state index contributed by atoms with van der Waals surface area (Å²) in [6, 6.07) is 0.953. The molecule has 3 aromatic rings. The first-order valence-electron chi connectivity index (χ1n) is 6.36. The molecule has 2 aromatic heterocycles. The van der Waals surface area contributed by atoms with Crippen molar-refractivity contribution >= 4 is 11.6 Å². The molecule has 0 atom stereocenters. The van der Waals surface area contributed by atoms with E-state index in [-0.39, 0.29) is 22.6 Å². The van der Waals surface area contributed by atoms with Gasteiger partial charge in [0.25, 0.3) is 11.5 Å². The largest absolute Gasteiger partial charge is 0.364 e. The lowest BCUT2D eigenvalue weighted by atomic mass is 10.0. The Hall–Kier alpha value is -3.10. The number of amides is 1. The number of hydrogen-bond donors (Lipinski definition) is 2. The van der Waals surface area contributed by atoms with Crippen molar-refractivity contribution < 1.29 is 18.0 Å². The van der Waals surface area contributed by atoms with Crippen molar-refractivity contribution in [2.45, 2.75) is 6.92 Å². The van der Waals surface area contributed by atoms with Crippen molar-refractivity contribution in [1.29, 1.82) is 0 Å². The number of halogens is 3. The SMILES string of the molecule is Cc1[nH]c2c(C(N)=O)ncn2c(=O)c1-c1c(F)cc(F)cc1F. The maximum absolute atomic E-state index is 14.0. The van der Waals surface area contributed by atoms with Gasteiger partial charge in [0.05, 0.1) is 11.1 Å². The standard InChI is InChI=1S/C14H9F3N4O2/c1-5-9(10-7(16)2-6(15)3-8(10)17)14(23)21-4-19-11(12(18)22)13(21)20-5/h2-4,20H,1H3,(H2,18,22). The van der Waals surface area contributed by atoms with Gasteiger partial charge in [-0.2, -0.15) is 0 Å². The summed E-state index contributed by atoms with van der Waals surface area (Å²) in [6.45, 7) is 1.39. The zero-order chi connectivity index (χ0) is 16.9. The van der Waals surface area contributed by atoms with Gasteiger partial charge in [-0.05, 0) is 6.92 Å². The lowest BCUT2D eigenvalue weighted by molar-refractivity contribution is 0.0997. The summed E-state index contributed by atoms with van der Waals surface area (Å²) in [6.07, 6.45) is 1.01. The van der Waals surface area contributed by atoms with Crippen molar-refractivity contribution in [3.8, 4) is 11.1 Å². The molecule has 6 nitrogen and oxygen atoms in total. The highest BCUT2D eigenvalue weighted by Crippen LogP contribution is 2.26. The highest BCUT2D eigenvalue weighted by molar-refractivity contribution is 5.96. The number of carbonyl (C=O) groups is 1. The van der Waals surface area contributed by atoms with Gasteiger partial charge in [0.1, 0.15) is 23.8 Å². The second-order valence-corrected chi connectivity index (χ2v) is 4.85. The van der Waals surface area contributed by atoms with Crippen LogP contribution in [-0.2, 0) is 0 Å². The Labute approximate surface area is 126 Å². The van der Waals surface area contributed by atoms with Gasteiger partial charge in [-0.15, -0.1) is 0 Å². The predicted octanol–water partition coefficient (Wildman–Crippen LogP) is 1.51. The molecule has 0 saturated carbocycles. The van der Waals surface area contributed by atoms with Gasteiger partial charge in [-0.3, -0.25) is 9.59 Å². The number of aryl methyl sites for hydroxylation is 1. The third kappa shape index (κ3) is 2.17. The molecule has 3 N–H and O–H groups in total. The van der Waals surface area contributed by atoms with Crippen LogP contribution in [0.25, 0.3) is 16.8 Å². The Morgan fingerprint density at radius 2 is 1.83 bits per heavy atom. The first-order valence-corrected chi connectivity index (χ1v) is 6.36. The summed E-state index contributed by atoms with van der Waals surface area (Å²) >= 11 is 0. The van der Waals surface area contributed by atoms with Crippen LogP contribution in [0, 0.1) is 24.4 Å². The molecule has 0 aliphatic carbocycles. The topological polar surface area (TPSA) is 93.2 Å². The highest BCUT2D eigenvalue weighted by atomic mass is 19.1. The number of fused-ring (bicyclic) bond motifs is 1. The Morgan fingerprint density at radius 1 is 1.22 bits per heavy atom. The molecule has 0 saturated heterocycles. The molecule has 118 valence electrons. The molecule has 1 amide bonds. The summed E-state index contributed by atoms with van der Waals surface area (Å²) in [5.41, 5.74) is 3.22. The van der Waals surface area contributed by atoms with E-state index in [4.69, 9.17) is 5.73 Å². The van der Waals surface area contributed by atoms with E-state index >= 15 is 0 Å². The van der Waals surface area contributed by atoms with Crippen molar-refractivity contribution in [2.75, 3.05) is 0 Å². The highest BCUT2D eigenvalue weighted by Gasteiger charge is 2.22. The van der Waals surface area contributed by atoms with Crippen LogP contribution < -0.4 is 11.3 Å².